The van der Waals surface area contributed by atoms with Crippen LogP contribution < -0.4 is 10.6 Å². The number of nitrogens with one attached hydrogen (secondary N) is 2. The minimum atomic E-state index is -3.82. The summed E-state index contributed by atoms with van der Waals surface area (Å²) in [5, 5.41) is 4.78. The average Bonchev–Trinajstić information content (AvgIpc) is 3.08. The molecule has 0 radical (unpaired) electrons. The number of anilines is 1. The van der Waals surface area contributed by atoms with Gasteiger partial charge < -0.3 is 14.8 Å². The first kappa shape index (κ1) is 23.5. The van der Waals surface area contributed by atoms with Crippen molar-refractivity contribution in [1.82, 2.24) is 9.62 Å². The first-order valence-electron chi connectivity index (χ1n) is 9.67. The van der Waals surface area contributed by atoms with Gasteiger partial charge in [-0.05, 0) is 36.4 Å². The molecule has 0 bridgehead atoms. The number of ether oxygens (including phenoxy) is 2. The lowest BCUT2D eigenvalue weighted by Crippen LogP contribution is -2.36. The number of hydrogen-bond donors (Lipinski definition) is 2. The largest absolute Gasteiger partial charge is 0.383 e. The zero-order chi connectivity index (χ0) is 23.3. The van der Waals surface area contributed by atoms with Crippen molar-refractivity contribution < 1.29 is 32.3 Å². The zero-order valence-corrected chi connectivity index (χ0v) is 18.4. The van der Waals surface area contributed by atoms with E-state index >= 15 is 0 Å². The molecule has 0 unspecified atom stereocenters. The standard InChI is InChI=1S/C21H23N3O7S/c1-30-12-10-24(11-13-31-2)32(28,29)15-8-6-14(7-9-15)19(25)22-17-5-3-4-16-18(17)21(27)23-20(16)26/h3-9H,10-13H2,1-2H3,(H,22,25)(H,23,26,27). The molecule has 0 atom stereocenters. The first-order valence-corrected chi connectivity index (χ1v) is 11.1. The third-order valence-corrected chi connectivity index (χ3v) is 6.77. The van der Waals surface area contributed by atoms with E-state index in [1.165, 1.54) is 54.9 Å². The highest BCUT2D eigenvalue weighted by Crippen LogP contribution is 2.25. The molecule has 3 amide bonds. The van der Waals surface area contributed by atoms with E-state index in [1.54, 1.807) is 6.07 Å². The Morgan fingerprint density at radius 2 is 1.59 bits per heavy atom. The van der Waals surface area contributed by atoms with E-state index in [9.17, 15) is 22.8 Å². The fourth-order valence-electron chi connectivity index (χ4n) is 3.18. The summed E-state index contributed by atoms with van der Waals surface area (Å²) < 4.78 is 37.1. The Hall–Kier alpha value is -3.12. The van der Waals surface area contributed by atoms with E-state index in [4.69, 9.17) is 9.47 Å². The lowest BCUT2D eigenvalue weighted by atomic mass is 10.1. The van der Waals surface area contributed by atoms with Crippen molar-refractivity contribution in [2.45, 2.75) is 4.90 Å². The summed E-state index contributed by atoms with van der Waals surface area (Å²) in [5.74, 6) is -1.66. The third-order valence-electron chi connectivity index (χ3n) is 4.86. The van der Waals surface area contributed by atoms with Crippen molar-refractivity contribution in [1.29, 1.82) is 0 Å². The normalized spacial score (nSPS) is 13.2. The van der Waals surface area contributed by atoms with Crippen LogP contribution in [0.25, 0.3) is 0 Å². The highest BCUT2D eigenvalue weighted by atomic mass is 32.2. The average molecular weight is 461 g/mol. The molecule has 1 aliphatic rings. The van der Waals surface area contributed by atoms with Crippen molar-refractivity contribution >= 4 is 33.4 Å². The Bertz CT molecular complexity index is 1120. The molecule has 32 heavy (non-hydrogen) atoms. The van der Waals surface area contributed by atoms with Crippen LogP contribution in [-0.2, 0) is 19.5 Å². The minimum absolute atomic E-state index is 0.0202. The van der Waals surface area contributed by atoms with Crippen LogP contribution in [0.4, 0.5) is 5.69 Å². The first-order chi connectivity index (χ1) is 15.3. The Balaban J connectivity index is 1.79. The number of amides is 3. The van der Waals surface area contributed by atoms with Crippen molar-refractivity contribution in [3.05, 3.63) is 59.2 Å². The molecule has 1 heterocycles. The number of hydrogen-bond acceptors (Lipinski definition) is 7. The highest BCUT2D eigenvalue weighted by molar-refractivity contribution is 7.89. The second-order valence-electron chi connectivity index (χ2n) is 6.88. The van der Waals surface area contributed by atoms with Crippen LogP contribution in [0.3, 0.4) is 0 Å². The summed E-state index contributed by atoms with van der Waals surface area (Å²) in [6, 6.07) is 9.98. The second kappa shape index (κ2) is 10.0. The number of carbonyl (C=O) groups excluding carboxylic acids is 3. The molecular weight excluding hydrogens is 438 g/mol. The number of sulfonamides is 1. The third kappa shape index (κ3) is 4.86. The fourth-order valence-corrected chi connectivity index (χ4v) is 4.59. The SMILES string of the molecule is COCCN(CCOC)S(=O)(=O)c1ccc(C(=O)Nc2cccc3c2C(=O)NC3=O)cc1. The maximum Gasteiger partial charge on any atom is 0.261 e. The van der Waals surface area contributed by atoms with E-state index in [2.05, 4.69) is 10.6 Å². The summed E-state index contributed by atoms with van der Waals surface area (Å²) in [5.41, 5.74) is 0.655. The predicted octanol–water partition coefficient (Wildman–Crippen LogP) is 1.11. The monoisotopic (exact) mass is 461 g/mol. The maximum absolute atomic E-state index is 12.9. The van der Waals surface area contributed by atoms with Gasteiger partial charge in [0.15, 0.2) is 0 Å². The van der Waals surface area contributed by atoms with Gasteiger partial charge in [-0.15, -0.1) is 0 Å². The summed E-state index contributed by atoms with van der Waals surface area (Å²) in [6.45, 7) is 0.760. The van der Waals surface area contributed by atoms with Gasteiger partial charge in [-0.3, -0.25) is 19.7 Å². The molecule has 1 aliphatic heterocycles. The number of methoxy groups -OCH3 is 2. The second-order valence-corrected chi connectivity index (χ2v) is 8.82. The summed E-state index contributed by atoms with van der Waals surface area (Å²) in [4.78, 5) is 36.5. The van der Waals surface area contributed by atoms with E-state index in [0.29, 0.717) is 0 Å². The van der Waals surface area contributed by atoms with Crippen molar-refractivity contribution in [3.8, 4) is 0 Å². The number of nitrogens with zero attached hydrogens (tertiary/aromatic N) is 1. The van der Waals surface area contributed by atoms with Crippen LogP contribution in [-0.4, -0.2) is 71.0 Å². The number of benzene rings is 2. The van der Waals surface area contributed by atoms with Gasteiger partial charge in [0.1, 0.15) is 0 Å². The van der Waals surface area contributed by atoms with Gasteiger partial charge in [-0.2, -0.15) is 4.31 Å². The van der Waals surface area contributed by atoms with Gasteiger partial charge >= 0.3 is 0 Å². The molecule has 0 saturated carbocycles. The van der Waals surface area contributed by atoms with Crippen LogP contribution in [0.5, 0.6) is 0 Å². The lowest BCUT2D eigenvalue weighted by Gasteiger charge is -2.21. The van der Waals surface area contributed by atoms with Crippen LogP contribution >= 0.6 is 0 Å². The molecular formula is C21H23N3O7S. The molecule has 11 heteroatoms. The van der Waals surface area contributed by atoms with E-state index < -0.39 is 27.7 Å². The minimum Gasteiger partial charge on any atom is -0.383 e. The Labute approximate surface area is 185 Å². The number of imide groups is 1. The maximum atomic E-state index is 12.9. The molecule has 0 saturated heterocycles. The topological polar surface area (TPSA) is 131 Å². The van der Waals surface area contributed by atoms with Crippen molar-refractivity contribution in [2.75, 3.05) is 45.8 Å². The molecule has 2 N–H and O–H groups in total. The van der Waals surface area contributed by atoms with Crippen LogP contribution in [0, 0.1) is 0 Å². The van der Waals surface area contributed by atoms with Crippen LogP contribution in [0.1, 0.15) is 31.1 Å². The van der Waals surface area contributed by atoms with E-state index in [-0.39, 0.29) is 53.6 Å². The van der Waals surface area contributed by atoms with Crippen molar-refractivity contribution in [3.63, 3.8) is 0 Å². The molecule has 3 rings (SSSR count). The molecule has 10 nitrogen and oxygen atoms in total. The molecule has 0 aliphatic carbocycles. The Kier molecular flexibility index (Phi) is 7.36. The van der Waals surface area contributed by atoms with Crippen LogP contribution in [0.15, 0.2) is 47.4 Å². The van der Waals surface area contributed by atoms with E-state index in [0.717, 1.165) is 0 Å². The number of fused-ring (bicyclic) bond motifs is 1. The van der Waals surface area contributed by atoms with Gasteiger partial charge in [-0.25, -0.2) is 8.42 Å². The van der Waals surface area contributed by atoms with Crippen molar-refractivity contribution in [2.24, 2.45) is 0 Å². The smallest absolute Gasteiger partial charge is 0.261 e. The van der Waals surface area contributed by atoms with Gasteiger partial charge in [-0.1, -0.05) is 6.07 Å². The summed E-state index contributed by atoms with van der Waals surface area (Å²) >= 11 is 0. The van der Waals surface area contributed by atoms with E-state index in [1.807, 2.05) is 0 Å². The Morgan fingerprint density at radius 3 is 2.19 bits per heavy atom. The molecule has 2 aromatic rings. The van der Waals surface area contributed by atoms with Crippen LogP contribution in [0.2, 0.25) is 0 Å². The summed E-state index contributed by atoms with van der Waals surface area (Å²) in [6.07, 6.45) is 0. The Morgan fingerprint density at radius 1 is 0.969 bits per heavy atom. The molecule has 0 aromatic heterocycles. The molecule has 170 valence electrons. The number of rotatable bonds is 10. The summed E-state index contributed by atoms with van der Waals surface area (Å²) in [7, 11) is -0.852. The lowest BCUT2D eigenvalue weighted by molar-refractivity contribution is 0.0879. The van der Waals surface area contributed by atoms with Gasteiger partial charge in [0.25, 0.3) is 17.7 Å². The molecule has 0 spiro atoms. The number of carbonyl (C=O) groups is 3. The van der Waals surface area contributed by atoms with Gasteiger partial charge in [0.2, 0.25) is 10.0 Å². The molecule has 0 fully saturated rings. The molecule has 2 aromatic carbocycles. The fraction of sp³-hybridized carbons (Fsp3) is 0.286. The quantitative estimate of drug-likeness (QED) is 0.507. The van der Waals surface area contributed by atoms with Gasteiger partial charge in [0, 0.05) is 32.9 Å². The van der Waals surface area contributed by atoms with Gasteiger partial charge in [0.05, 0.1) is 34.9 Å². The predicted molar refractivity (Wildman–Crippen MR) is 115 cm³/mol. The zero-order valence-electron chi connectivity index (χ0n) is 17.6. The highest BCUT2D eigenvalue weighted by Gasteiger charge is 2.30.